The largest absolute Gasteiger partial charge is 0.493 e. The van der Waals surface area contributed by atoms with Gasteiger partial charge >= 0.3 is 0 Å². The molecule has 0 unspecified atom stereocenters. The minimum atomic E-state index is -0.150. The summed E-state index contributed by atoms with van der Waals surface area (Å²) in [5.41, 5.74) is 0.870. The van der Waals surface area contributed by atoms with Crippen molar-refractivity contribution in [2.75, 3.05) is 14.2 Å². The molecule has 0 saturated carbocycles. The summed E-state index contributed by atoms with van der Waals surface area (Å²) >= 11 is 0. The van der Waals surface area contributed by atoms with Gasteiger partial charge in [0, 0.05) is 18.2 Å². The van der Waals surface area contributed by atoms with E-state index in [4.69, 9.17) is 9.47 Å². The Balaban J connectivity index is 2.70. The van der Waals surface area contributed by atoms with Crippen LogP contribution in [0.25, 0.3) is 0 Å². The summed E-state index contributed by atoms with van der Waals surface area (Å²) in [5, 5.41) is 2.79. The zero-order chi connectivity index (χ0) is 14.1. The van der Waals surface area contributed by atoms with Crippen LogP contribution < -0.4 is 14.8 Å². The third kappa shape index (κ3) is 4.50. The topological polar surface area (TPSA) is 47.6 Å². The highest BCUT2D eigenvalue weighted by atomic mass is 16.5. The van der Waals surface area contributed by atoms with Gasteiger partial charge in [0.05, 0.1) is 14.2 Å². The number of benzene rings is 1. The molecule has 0 heterocycles. The average molecular weight is 261 g/mol. The maximum atomic E-state index is 11.5. The van der Waals surface area contributed by atoms with Gasteiger partial charge in [-0.2, -0.15) is 0 Å². The molecule has 0 bridgehead atoms. The summed E-state index contributed by atoms with van der Waals surface area (Å²) in [6, 6.07) is 5.56. The predicted octanol–water partition coefficient (Wildman–Crippen LogP) is 2.45. The Morgan fingerprint density at radius 3 is 2.68 bits per heavy atom. The second-order valence-corrected chi connectivity index (χ2v) is 3.76. The Morgan fingerprint density at radius 1 is 1.26 bits per heavy atom. The van der Waals surface area contributed by atoms with Gasteiger partial charge in [0.25, 0.3) is 0 Å². The minimum absolute atomic E-state index is 0.150. The lowest BCUT2D eigenvalue weighted by molar-refractivity contribution is -0.116. The molecule has 0 radical (unpaired) electrons. The van der Waals surface area contributed by atoms with Crippen molar-refractivity contribution in [3.63, 3.8) is 0 Å². The summed E-state index contributed by atoms with van der Waals surface area (Å²) < 4.78 is 10.5. The van der Waals surface area contributed by atoms with E-state index in [9.17, 15) is 4.79 Å². The SMILES string of the molecule is C/C=C/C=C/C(=O)NCc1cccc(OC)c1OC. The van der Waals surface area contributed by atoms with Gasteiger partial charge in [0.2, 0.25) is 5.91 Å². The second-order valence-electron chi connectivity index (χ2n) is 3.76. The molecule has 0 aliphatic carbocycles. The van der Waals surface area contributed by atoms with Crippen molar-refractivity contribution in [1.82, 2.24) is 5.32 Å². The highest BCUT2D eigenvalue weighted by molar-refractivity contribution is 5.87. The molecule has 0 aliphatic rings. The molecule has 0 spiro atoms. The molecule has 102 valence electrons. The van der Waals surface area contributed by atoms with E-state index in [1.54, 1.807) is 26.4 Å². The lowest BCUT2D eigenvalue weighted by Crippen LogP contribution is -2.20. The zero-order valence-electron chi connectivity index (χ0n) is 11.5. The van der Waals surface area contributed by atoms with Crippen LogP contribution in [0.15, 0.2) is 42.5 Å². The molecule has 0 atom stereocenters. The number of methoxy groups -OCH3 is 2. The summed E-state index contributed by atoms with van der Waals surface area (Å²) in [6.07, 6.45) is 6.82. The summed E-state index contributed by atoms with van der Waals surface area (Å²) in [5.74, 6) is 1.14. The molecule has 0 aromatic heterocycles. The van der Waals surface area contributed by atoms with Crippen molar-refractivity contribution in [3.05, 3.63) is 48.1 Å². The molecule has 0 aliphatic heterocycles. The molecule has 1 amide bonds. The number of hydrogen-bond donors (Lipinski definition) is 1. The van der Waals surface area contributed by atoms with E-state index in [-0.39, 0.29) is 5.91 Å². The van der Waals surface area contributed by atoms with Gasteiger partial charge in [0.1, 0.15) is 0 Å². The van der Waals surface area contributed by atoms with Crippen molar-refractivity contribution in [1.29, 1.82) is 0 Å². The van der Waals surface area contributed by atoms with E-state index < -0.39 is 0 Å². The van der Waals surface area contributed by atoms with E-state index in [0.29, 0.717) is 18.0 Å². The molecule has 0 fully saturated rings. The standard InChI is InChI=1S/C15H19NO3/c1-4-5-6-10-14(17)16-11-12-8-7-9-13(18-2)15(12)19-3/h4-10H,11H2,1-3H3,(H,16,17)/b5-4+,10-6+. The van der Waals surface area contributed by atoms with Crippen molar-refractivity contribution in [2.24, 2.45) is 0 Å². The van der Waals surface area contributed by atoms with Crippen molar-refractivity contribution < 1.29 is 14.3 Å². The fraction of sp³-hybridized carbons (Fsp3) is 0.267. The predicted molar refractivity (Wildman–Crippen MR) is 75.3 cm³/mol. The molecule has 1 aromatic carbocycles. The summed E-state index contributed by atoms with van der Waals surface area (Å²) in [7, 11) is 3.16. The van der Waals surface area contributed by atoms with Crippen LogP contribution in [0.3, 0.4) is 0 Å². The van der Waals surface area contributed by atoms with Crippen LogP contribution in [-0.4, -0.2) is 20.1 Å². The first kappa shape index (κ1) is 14.8. The van der Waals surface area contributed by atoms with E-state index in [0.717, 1.165) is 5.56 Å². The molecular weight excluding hydrogens is 242 g/mol. The number of allylic oxidation sites excluding steroid dienone is 3. The van der Waals surface area contributed by atoms with E-state index >= 15 is 0 Å². The molecule has 0 saturated heterocycles. The maximum absolute atomic E-state index is 11.5. The Labute approximate surface area is 113 Å². The average Bonchev–Trinajstić information content (AvgIpc) is 2.44. The molecule has 4 nitrogen and oxygen atoms in total. The van der Waals surface area contributed by atoms with Crippen LogP contribution in [0.4, 0.5) is 0 Å². The van der Waals surface area contributed by atoms with E-state index in [1.807, 2.05) is 31.2 Å². The highest BCUT2D eigenvalue weighted by Gasteiger charge is 2.09. The van der Waals surface area contributed by atoms with Gasteiger partial charge in [-0.15, -0.1) is 0 Å². The van der Waals surface area contributed by atoms with Gasteiger partial charge in [-0.25, -0.2) is 0 Å². The van der Waals surface area contributed by atoms with Crippen LogP contribution in [0.1, 0.15) is 12.5 Å². The van der Waals surface area contributed by atoms with Crippen molar-refractivity contribution in [3.8, 4) is 11.5 Å². The van der Waals surface area contributed by atoms with Crippen LogP contribution in [0.2, 0.25) is 0 Å². The molecular formula is C15H19NO3. The van der Waals surface area contributed by atoms with Gasteiger partial charge in [0.15, 0.2) is 11.5 Å². The number of rotatable bonds is 6. The Morgan fingerprint density at radius 2 is 2.05 bits per heavy atom. The smallest absolute Gasteiger partial charge is 0.244 e. The Hall–Kier alpha value is -2.23. The quantitative estimate of drug-likeness (QED) is 0.632. The van der Waals surface area contributed by atoms with Crippen LogP contribution in [0, 0.1) is 0 Å². The molecule has 19 heavy (non-hydrogen) atoms. The van der Waals surface area contributed by atoms with Crippen molar-refractivity contribution >= 4 is 5.91 Å². The maximum Gasteiger partial charge on any atom is 0.244 e. The molecule has 1 aromatic rings. The van der Waals surface area contributed by atoms with Gasteiger partial charge in [-0.05, 0) is 13.0 Å². The van der Waals surface area contributed by atoms with Gasteiger partial charge in [-0.3, -0.25) is 4.79 Å². The van der Waals surface area contributed by atoms with E-state index in [1.165, 1.54) is 6.08 Å². The zero-order valence-corrected chi connectivity index (χ0v) is 11.5. The number of amides is 1. The van der Waals surface area contributed by atoms with Gasteiger partial charge < -0.3 is 14.8 Å². The first-order chi connectivity index (χ1) is 9.22. The normalized spacial score (nSPS) is 10.9. The number of carbonyl (C=O) groups excluding carboxylic acids is 1. The molecule has 1 N–H and O–H groups in total. The molecule has 1 rings (SSSR count). The number of carbonyl (C=O) groups is 1. The fourth-order valence-corrected chi connectivity index (χ4v) is 1.59. The number of hydrogen-bond acceptors (Lipinski definition) is 3. The molecule has 4 heteroatoms. The van der Waals surface area contributed by atoms with Crippen LogP contribution in [-0.2, 0) is 11.3 Å². The minimum Gasteiger partial charge on any atom is -0.493 e. The van der Waals surface area contributed by atoms with Crippen LogP contribution in [0.5, 0.6) is 11.5 Å². The first-order valence-corrected chi connectivity index (χ1v) is 6.00. The van der Waals surface area contributed by atoms with Crippen LogP contribution >= 0.6 is 0 Å². The lowest BCUT2D eigenvalue weighted by Gasteiger charge is -2.12. The number of nitrogens with one attached hydrogen (secondary N) is 1. The van der Waals surface area contributed by atoms with E-state index in [2.05, 4.69) is 5.32 Å². The van der Waals surface area contributed by atoms with Gasteiger partial charge in [-0.1, -0.05) is 30.4 Å². The summed E-state index contributed by atoms with van der Waals surface area (Å²) in [4.78, 5) is 11.5. The third-order valence-corrected chi connectivity index (χ3v) is 2.49. The first-order valence-electron chi connectivity index (χ1n) is 6.00. The Kier molecular flexibility index (Phi) is 6.22. The third-order valence-electron chi connectivity index (χ3n) is 2.49. The highest BCUT2D eigenvalue weighted by Crippen LogP contribution is 2.30. The number of ether oxygens (including phenoxy) is 2. The van der Waals surface area contributed by atoms with Crippen molar-refractivity contribution in [2.45, 2.75) is 13.5 Å². The summed E-state index contributed by atoms with van der Waals surface area (Å²) in [6.45, 7) is 2.28. The Bertz CT molecular complexity index is 478. The fourth-order valence-electron chi connectivity index (χ4n) is 1.59. The monoisotopic (exact) mass is 261 g/mol. The second kappa shape index (κ2) is 7.97. The lowest BCUT2D eigenvalue weighted by atomic mass is 10.2. The number of para-hydroxylation sites is 1.